The molecule has 88 valence electrons. The standard InChI is InChI=1S/C12H17NO3/c1-9-4-5-11(8-12(14)15-3)6-7-13-10(2)16-9/h4-6,9H,7-8H2,1-3H3. The van der Waals surface area contributed by atoms with Gasteiger partial charge >= 0.3 is 5.97 Å². The first kappa shape index (κ1) is 12.5. The molecule has 0 bridgehead atoms. The van der Waals surface area contributed by atoms with E-state index in [1.807, 2.05) is 32.1 Å². The molecule has 0 aliphatic carbocycles. The van der Waals surface area contributed by atoms with Gasteiger partial charge in [0.15, 0.2) is 5.90 Å². The van der Waals surface area contributed by atoms with Crippen LogP contribution in [0.4, 0.5) is 0 Å². The Morgan fingerprint density at radius 1 is 1.69 bits per heavy atom. The topological polar surface area (TPSA) is 47.9 Å². The Kier molecular flexibility index (Phi) is 4.76. The minimum atomic E-state index is -0.246. The summed E-state index contributed by atoms with van der Waals surface area (Å²) in [4.78, 5) is 15.3. The van der Waals surface area contributed by atoms with Crippen LogP contribution in [0.2, 0.25) is 0 Å². The maximum Gasteiger partial charge on any atom is 0.309 e. The molecule has 0 N–H and O–H groups in total. The van der Waals surface area contributed by atoms with Crippen molar-refractivity contribution in [3.8, 4) is 0 Å². The maximum atomic E-state index is 11.1. The molecule has 16 heavy (non-hydrogen) atoms. The van der Waals surface area contributed by atoms with Gasteiger partial charge in [0.2, 0.25) is 0 Å². The van der Waals surface area contributed by atoms with Gasteiger partial charge in [-0.25, -0.2) is 0 Å². The number of aliphatic imine (C=N–C) groups is 1. The number of rotatable bonds is 2. The summed E-state index contributed by atoms with van der Waals surface area (Å²) >= 11 is 0. The van der Waals surface area contributed by atoms with Crippen molar-refractivity contribution < 1.29 is 14.3 Å². The molecule has 4 nitrogen and oxygen atoms in total. The van der Waals surface area contributed by atoms with Gasteiger partial charge in [-0.3, -0.25) is 9.79 Å². The number of methoxy groups -OCH3 is 1. The summed E-state index contributed by atoms with van der Waals surface area (Å²) in [7, 11) is 1.38. The quantitative estimate of drug-likeness (QED) is 0.671. The number of allylic oxidation sites excluding steroid dienone is 1. The number of nitrogens with zero attached hydrogens (tertiary/aromatic N) is 1. The second-order valence-corrected chi connectivity index (χ2v) is 3.57. The monoisotopic (exact) mass is 223 g/mol. The molecule has 1 rings (SSSR count). The number of hydrogen-bond acceptors (Lipinski definition) is 4. The Bertz CT molecular complexity index is 342. The third-order valence-corrected chi connectivity index (χ3v) is 2.18. The van der Waals surface area contributed by atoms with Crippen LogP contribution in [0.5, 0.6) is 0 Å². The Labute approximate surface area is 95.7 Å². The highest BCUT2D eigenvalue weighted by Gasteiger charge is 2.06. The Morgan fingerprint density at radius 2 is 2.44 bits per heavy atom. The van der Waals surface area contributed by atoms with E-state index in [1.54, 1.807) is 0 Å². The van der Waals surface area contributed by atoms with Crippen molar-refractivity contribution in [3.63, 3.8) is 0 Å². The van der Waals surface area contributed by atoms with Crippen molar-refractivity contribution in [2.45, 2.75) is 26.4 Å². The molecular formula is C12H17NO3. The summed E-state index contributed by atoms with van der Waals surface area (Å²) < 4.78 is 10.1. The van der Waals surface area contributed by atoms with Crippen molar-refractivity contribution in [2.24, 2.45) is 4.99 Å². The molecule has 0 spiro atoms. The molecule has 1 unspecified atom stereocenters. The van der Waals surface area contributed by atoms with Gasteiger partial charge in [0, 0.05) is 6.92 Å². The molecule has 0 amide bonds. The van der Waals surface area contributed by atoms with Crippen molar-refractivity contribution in [2.75, 3.05) is 13.7 Å². The molecular weight excluding hydrogens is 206 g/mol. The van der Waals surface area contributed by atoms with Crippen LogP contribution in [0.1, 0.15) is 20.3 Å². The van der Waals surface area contributed by atoms with Gasteiger partial charge in [-0.15, -0.1) is 0 Å². The predicted octanol–water partition coefficient (Wildman–Crippen LogP) is 1.87. The third-order valence-electron chi connectivity index (χ3n) is 2.18. The zero-order valence-electron chi connectivity index (χ0n) is 9.90. The smallest absolute Gasteiger partial charge is 0.309 e. The first-order valence-corrected chi connectivity index (χ1v) is 5.23. The Hall–Kier alpha value is -1.58. The van der Waals surface area contributed by atoms with Gasteiger partial charge in [-0.2, -0.15) is 0 Å². The molecule has 0 fully saturated rings. The highest BCUT2D eigenvalue weighted by atomic mass is 16.5. The lowest BCUT2D eigenvalue weighted by Gasteiger charge is -2.08. The fourth-order valence-electron chi connectivity index (χ4n) is 1.33. The summed E-state index contributed by atoms with van der Waals surface area (Å²) in [6, 6.07) is 0. The molecule has 1 aliphatic rings. The van der Waals surface area contributed by atoms with E-state index in [2.05, 4.69) is 9.73 Å². The van der Waals surface area contributed by atoms with Gasteiger partial charge in [0.25, 0.3) is 0 Å². The van der Waals surface area contributed by atoms with Gasteiger partial charge in [-0.1, -0.05) is 12.2 Å². The van der Waals surface area contributed by atoms with Crippen LogP contribution >= 0.6 is 0 Å². The highest BCUT2D eigenvalue weighted by molar-refractivity contribution is 5.74. The van der Waals surface area contributed by atoms with Crippen molar-refractivity contribution in [1.82, 2.24) is 0 Å². The SMILES string of the molecule is COC(=O)CC1=CCN=C(C)OC(C)C=C1. The molecule has 4 heteroatoms. The Morgan fingerprint density at radius 3 is 3.12 bits per heavy atom. The highest BCUT2D eigenvalue weighted by Crippen LogP contribution is 2.09. The molecule has 0 saturated heterocycles. The van der Waals surface area contributed by atoms with Gasteiger partial charge < -0.3 is 9.47 Å². The zero-order chi connectivity index (χ0) is 12.0. The number of esters is 1. The summed E-state index contributed by atoms with van der Waals surface area (Å²) in [5.41, 5.74) is 0.903. The minimum absolute atomic E-state index is 0.0390. The maximum absolute atomic E-state index is 11.1. The van der Waals surface area contributed by atoms with E-state index in [0.717, 1.165) is 5.57 Å². The van der Waals surface area contributed by atoms with E-state index in [9.17, 15) is 4.79 Å². The Balaban J connectivity index is 2.75. The zero-order valence-corrected chi connectivity index (χ0v) is 9.90. The lowest BCUT2D eigenvalue weighted by Crippen LogP contribution is -2.09. The molecule has 0 radical (unpaired) electrons. The number of ether oxygens (including phenoxy) is 2. The number of hydrogen-bond donors (Lipinski definition) is 0. The van der Waals surface area contributed by atoms with Crippen LogP contribution in [0, 0.1) is 0 Å². The fourth-order valence-corrected chi connectivity index (χ4v) is 1.33. The van der Waals surface area contributed by atoms with E-state index in [-0.39, 0.29) is 18.5 Å². The molecule has 1 atom stereocenters. The number of carbonyl (C=O) groups is 1. The van der Waals surface area contributed by atoms with E-state index >= 15 is 0 Å². The third kappa shape index (κ3) is 4.29. The lowest BCUT2D eigenvalue weighted by atomic mass is 10.1. The first-order valence-electron chi connectivity index (χ1n) is 5.23. The predicted molar refractivity (Wildman–Crippen MR) is 62.4 cm³/mol. The van der Waals surface area contributed by atoms with Crippen LogP contribution in [0.3, 0.4) is 0 Å². The van der Waals surface area contributed by atoms with Gasteiger partial charge in [0.1, 0.15) is 6.10 Å². The van der Waals surface area contributed by atoms with E-state index in [0.29, 0.717) is 12.4 Å². The second kappa shape index (κ2) is 6.10. The first-order chi connectivity index (χ1) is 7.61. The van der Waals surface area contributed by atoms with Crippen molar-refractivity contribution >= 4 is 11.9 Å². The van der Waals surface area contributed by atoms with E-state index < -0.39 is 0 Å². The molecule has 0 saturated carbocycles. The summed E-state index contributed by atoms with van der Waals surface area (Å²) in [5.74, 6) is 0.414. The number of carbonyl (C=O) groups excluding carboxylic acids is 1. The molecule has 0 aromatic rings. The van der Waals surface area contributed by atoms with Crippen LogP contribution in [-0.4, -0.2) is 31.6 Å². The lowest BCUT2D eigenvalue weighted by molar-refractivity contribution is -0.139. The van der Waals surface area contributed by atoms with Crippen molar-refractivity contribution in [1.29, 1.82) is 0 Å². The van der Waals surface area contributed by atoms with Crippen LogP contribution in [0.25, 0.3) is 0 Å². The average Bonchev–Trinajstić information content (AvgIpc) is 2.31. The normalized spacial score (nSPS) is 20.8. The molecule has 1 aliphatic heterocycles. The van der Waals surface area contributed by atoms with E-state index in [1.165, 1.54) is 7.11 Å². The fraction of sp³-hybridized carbons (Fsp3) is 0.500. The summed E-state index contributed by atoms with van der Waals surface area (Å²) in [6.07, 6.45) is 5.92. The van der Waals surface area contributed by atoms with Gasteiger partial charge in [0.05, 0.1) is 20.1 Å². The largest absolute Gasteiger partial charge is 0.474 e. The van der Waals surface area contributed by atoms with Crippen molar-refractivity contribution in [3.05, 3.63) is 23.8 Å². The molecule has 0 aromatic heterocycles. The summed E-state index contributed by atoms with van der Waals surface area (Å²) in [6.45, 7) is 4.27. The molecule has 0 aromatic carbocycles. The van der Waals surface area contributed by atoms with Crippen LogP contribution in [-0.2, 0) is 14.3 Å². The van der Waals surface area contributed by atoms with Crippen LogP contribution < -0.4 is 0 Å². The second-order valence-electron chi connectivity index (χ2n) is 3.57. The summed E-state index contributed by atoms with van der Waals surface area (Å²) in [5, 5.41) is 0. The minimum Gasteiger partial charge on any atom is -0.474 e. The van der Waals surface area contributed by atoms with Crippen LogP contribution in [0.15, 0.2) is 28.8 Å². The molecule has 1 heterocycles. The van der Waals surface area contributed by atoms with E-state index in [4.69, 9.17) is 4.74 Å². The van der Waals surface area contributed by atoms with Gasteiger partial charge in [-0.05, 0) is 18.6 Å². The average molecular weight is 223 g/mol.